The van der Waals surface area contributed by atoms with Crippen molar-refractivity contribution in [2.24, 2.45) is 0 Å². The third-order valence-electron chi connectivity index (χ3n) is 2.35. The zero-order valence-corrected chi connectivity index (χ0v) is 11.4. The predicted molar refractivity (Wildman–Crippen MR) is 70.2 cm³/mol. The van der Waals surface area contributed by atoms with Gasteiger partial charge in [-0.25, -0.2) is 14.6 Å². The minimum atomic E-state index is -1.17. The molecule has 4 N–H and O–H groups in total. The highest BCUT2D eigenvalue weighted by Crippen LogP contribution is 2.07. The van der Waals surface area contributed by atoms with Gasteiger partial charge >= 0.3 is 12.0 Å². The third kappa shape index (κ3) is 5.66. The van der Waals surface area contributed by atoms with Crippen molar-refractivity contribution in [1.29, 1.82) is 0 Å². The summed E-state index contributed by atoms with van der Waals surface area (Å²) in [5.74, 6) is -1.17. The first-order chi connectivity index (χ1) is 9.02. The first kappa shape index (κ1) is 15.4. The Hall–Kier alpha value is -1.67. The lowest BCUT2D eigenvalue weighted by atomic mass is 10.2. The normalized spacial score (nSPS) is 11.9. The van der Waals surface area contributed by atoms with Crippen molar-refractivity contribution < 1.29 is 19.8 Å². The number of urea groups is 1. The number of aliphatic hydroxyl groups excluding tert-OH is 1. The van der Waals surface area contributed by atoms with E-state index in [1.807, 2.05) is 12.3 Å². The summed E-state index contributed by atoms with van der Waals surface area (Å²) in [7, 11) is 0. The number of aromatic nitrogens is 1. The largest absolute Gasteiger partial charge is 0.480 e. The van der Waals surface area contributed by atoms with Crippen LogP contribution >= 0.6 is 11.3 Å². The fraction of sp³-hybridized carbons (Fsp3) is 0.545. The second-order valence-corrected chi connectivity index (χ2v) is 4.97. The maximum Gasteiger partial charge on any atom is 0.326 e. The van der Waals surface area contributed by atoms with E-state index in [4.69, 9.17) is 10.2 Å². The maximum absolute atomic E-state index is 11.4. The molecule has 0 unspecified atom stereocenters. The van der Waals surface area contributed by atoms with Gasteiger partial charge in [-0.3, -0.25) is 0 Å². The van der Waals surface area contributed by atoms with Crippen LogP contribution in [0.3, 0.4) is 0 Å². The number of nitrogens with zero attached hydrogens (tertiary/aromatic N) is 1. The van der Waals surface area contributed by atoms with Crippen LogP contribution < -0.4 is 10.6 Å². The van der Waals surface area contributed by atoms with E-state index in [2.05, 4.69) is 15.6 Å². The lowest BCUT2D eigenvalue weighted by Crippen LogP contribution is -2.46. The van der Waals surface area contributed by atoms with E-state index in [-0.39, 0.29) is 13.0 Å². The molecule has 0 radical (unpaired) electrons. The number of rotatable bonds is 7. The predicted octanol–water partition coefficient (Wildman–Crippen LogP) is 0.129. The van der Waals surface area contributed by atoms with Crippen LogP contribution in [-0.4, -0.2) is 46.4 Å². The van der Waals surface area contributed by atoms with Crippen LogP contribution in [0.15, 0.2) is 5.38 Å². The molecule has 2 amide bonds. The summed E-state index contributed by atoms with van der Waals surface area (Å²) >= 11 is 1.54. The Morgan fingerprint density at radius 3 is 2.79 bits per heavy atom. The van der Waals surface area contributed by atoms with Crippen LogP contribution in [0.2, 0.25) is 0 Å². The summed E-state index contributed by atoms with van der Waals surface area (Å²) < 4.78 is 0. The second kappa shape index (κ2) is 7.70. The molecule has 1 aromatic rings. The first-order valence-electron chi connectivity index (χ1n) is 5.82. The van der Waals surface area contributed by atoms with Crippen molar-refractivity contribution in [3.8, 4) is 0 Å². The number of carbonyl (C=O) groups is 2. The molecule has 19 heavy (non-hydrogen) atoms. The second-order valence-electron chi connectivity index (χ2n) is 3.91. The monoisotopic (exact) mass is 287 g/mol. The van der Waals surface area contributed by atoms with Gasteiger partial charge < -0.3 is 20.8 Å². The fourth-order valence-electron chi connectivity index (χ4n) is 1.42. The van der Waals surface area contributed by atoms with Gasteiger partial charge in [0.15, 0.2) is 0 Å². The minimum absolute atomic E-state index is 0.0198. The van der Waals surface area contributed by atoms with E-state index < -0.39 is 18.0 Å². The van der Waals surface area contributed by atoms with E-state index >= 15 is 0 Å². The van der Waals surface area contributed by atoms with Crippen LogP contribution in [0.1, 0.15) is 17.1 Å². The van der Waals surface area contributed by atoms with Gasteiger partial charge in [-0.05, 0) is 6.92 Å². The molecule has 0 aliphatic carbocycles. The molecule has 0 bridgehead atoms. The number of carboxylic acid groups (broad SMARTS) is 1. The number of hydrogen-bond acceptors (Lipinski definition) is 5. The van der Waals surface area contributed by atoms with Gasteiger partial charge in [0.05, 0.1) is 10.7 Å². The zero-order valence-electron chi connectivity index (χ0n) is 10.5. The van der Waals surface area contributed by atoms with Gasteiger partial charge in [0.2, 0.25) is 0 Å². The number of amides is 2. The first-order valence-corrected chi connectivity index (χ1v) is 6.70. The molecule has 0 spiro atoms. The molecule has 1 atom stereocenters. The molecular weight excluding hydrogens is 270 g/mol. The van der Waals surface area contributed by atoms with E-state index in [1.165, 1.54) is 11.3 Å². The zero-order chi connectivity index (χ0) is 14.3. The molecule has 8 heteroatoms. The van der Waals surface area contributed by atoms with Crippen LogP contribution in [0.4, 0.5) is 4.79 Å². The van der Waals surface area contributed by atoms with Gasteiger partial charge in [0.25, 0.3) is 0 Å². The van der Waals surface area contributed by atoms with Crippen LogP contribution in [0.5, 0.6) is 0 Å². The van der Waals surface area contributed by atoms with Crippen molar-refractivity contribution >= 4 is 23.3 Å². The van der Waals surface area contributed by atoms with Gasteiger partial charge in [-0.1, -0.05) is 0 Å². The number of thiazole rings is 1. The van der Waals surface area contributed by atoms with E-state index in [1.54, 1.807) is 0 Å². The van der Waals surface area contributed by atoms with Crippen LogP contribution in [0, 0.1) is 6.92 Å². The lowest BCUT2D eigenvalue weighted by molar-refractivity contribution is -0.139. The van der Waals surface area contributed by atoms with Crippen molar-refractivity contribution in [2.75, 3.05) is 13.2 Å². The molecule has 1 aromatic heterocycles. The Labute approximate surface area is 114 Å². The van der Waals surface area contributed by atoms with E-state index in [0.717, 1.165) is 10.7 Å². The lowest BCUT2D eigenvalue weighted by Gasteiger charge is -2.13. The van der Waals surface area contributed by atoms with Gasteiger partial charge in [0.1, 0.15) is 6.04 Å². The Morgan fingerprint density at radius 1 is 1.53 bits per heavy atom. The number of nitrogens with one attached hydrogen (secondary N) is 2. The van der Waals surface area contributed by atoms with Crippen LogP contribution in [-0.2, 0) is 11.2 Å². The van der Waals surface area contributed by atoms with Gasteiger partial charge in [-0.15, -0.1) is 11.3 Å². The van der Waals surface area contributed by atoms with Crippen molar-refractivity contribution in [2.45, 2.75) is 25.8 Å². The number of aryl methyl sites for hydroxylation is 1. The molecule has 0 saturated heterocycles. The SMILES string of the molecule is Cc1nc(CCNC(=O)N[C@@H](CCO)C(=O)O)cs1. The molecule has 0 aliphatic rings. The minimum Gasteiger partial charge on any atom is -0.480 e. The fourth-order valence-corrected chi connectivity index (χ4v) is 2.07. The molecular formula is C11H17N3O4S. The number of aliphatic hydroxyl groups is 1. The molecule has 0 aliphatic heterocycles. The quantitative estimate of drug-likeness (QED) is 0.569. The Bertz CT molecular complexity index is 435. The standard InChI is InChI=1S/C11H17N3O4S/c1-7-13-8(6-19-7)2-4-12-11(18)14-9(3-5-15)10(16)17/h6,9,15H,2-5H2,1H3,(H,16,17)(H2,12,14,18)/t9-/m0/s1. The van der Waals surface area contributed by atoms with Crippen molar-refractivity contribution in [3.05, 3.63) is 16.1 Å². The maximum atomic E-state index is 11.4. The van der Waals surface area contributed by atoms with Gasteiger partial charge in [-0.2, -0.15) is 0 Å². The molecule has 0 aromatic carbocycles. The average Bonchev–Trinajstić information content (AvgIpc) is 2.74. The highest BCUT2D eigenvalue weighted by molar-refractivity contribution is 7.09. The summed E-state index contributed by atoms with van der Waals surface area (Å²) in [5.41, 5.74) is 0.896. The smallest absolute Gasteiger partial charge is 0.326 e. The summed E-state index contributed by atoms with van der Waals surface area (Å²) in [5, 5.41) is 25.2. The number of carboxylic acids is 1. The van der Waals surface area contributed by atoms with Crippen molar-refractivity contribution in [1.82, 2.24) is 15.6 Å². The topological polar surface area (TPSA) is 112 Å². The van der Waals surface area contributed by atoms with E-state index in [9.17, 15) is 9.59 Å². The summed E-state index contributed by atoms with van der Waals surface area (Å²) in [6.45, 7) is 1.98. The Morgan fingerprint density at radius 2 is 2.26 bits per heavy atom. The van der Waals surface area contributed by atoms with Crippen LogP contribution in [0.25, 0.3) is 0 Å². The summed E-state index contributed by atoms with van der Waals surface area (Å²) in [6.07, 6.45) is 0.573. The average molecular weight is 287 g/mol. The van der Waals surface area contributed by atoms with Crippen molar-refractivity contribution in [3.63, 3.8) is 0 Å². The van der Waals surface area contributed by atoms with E-state index in [0.29, 0.717) is 13.0 Å². The third-order valence-corrected chi connectivity index (χ3v) is 3.18. The molecule has 1 rings (SSSR count). The molecule has 0 saturated carbocycles. The molecule has 106 valence electrons. The Balaban J connectivity index is 2.28. The van der Waals surface area contributed by atoms with Gasteiger partial charge in [0, 0.05) is 31.4 Å². The highest BCUT2D eigenvalue weighted by Gasteiger charge is 2.18. The number of hydrogen-bond donors (Lipinski definition) is 4. The highest BCUT2D eigenvalue weighted by atomic mass is 32.1. The Kier molecular flexibility index (Phi) is 6.23. The summed E-state index contributed by atoms with van der Waals surface area (Å²) in [6, 6.07) is -1.64. The number of aliphatic carboxylic acids is 1. The number of carbonyl (C=O) groups excluding carboxylic acids is 1. The molecule has 1 heterocycles. The summed E-state index contributed by atoms with van der Waals surface area (Å²) in [4.78, 5) is 26.4. The molecule has 7 nitrogen and oxygen atoms in total. The molecule has 0 fully saturated rings.